The molecule has 4 amide bonds. The fourth-order valence-corrected chi connectivity index (χ4v) is 4.81. The zero-order chi connectivity index (χ0) is 21.4. The molecule has 0 aromatic heterocycles. The third-order valence-electron chi connectivity index (χ3n) is 6.13. The highest BCUT2D eigenvalue weighted by Crippen LogP contribution is 2.30. The van der Waals surface area contributed by atoms with Crippen LogP contribution in [0.3, 0.4) is 0 Å². The minimum Gasteiger partial charge on any atom is -0.496 e. The van der Waals surface area contributed by atoms with Crippen LogP contribution in [0.15, 0.2) is 24.3 Å². The molecule has 9 nitrogen and oxygen atoms in total. The van der Waals surface area contributed by atoms with E-state index in [4.69, 9.17) is 4.74 Å². The summed E-state index contributed by atoms with van der Waals surface area (Å²) in [4.78, 5) is 53.7. The number of para-hydroxylation sites is 1. The molecule has 30 heavy (non-hydrogen) atoms. The van der Waals surface area contributed by atoms with Gasteiger partial charge < -0.3 is 25.2 Å². The van der Waals surface area contributed by atoms with Crippen molar-refractivity contribution in [3.8, 4) is 5.75 Å². The van der Waals surface area contributed by atoms with Crippen molar-refractivity contribution in [2.45, 2.75) is 50.4 Å². The van der Waals surface area contributed by atoms with Crippen molar-refractivity contribution in [3.05, 3.63) is 29.8 Å². The SMILES string of the molecule is COc1ccccc1CC(=O)N1CC[C@H]2NC(=O)[C@@H]3C[C@@H](NC(C)=O)CN3C(=O)[C@H]21. The Labute approximate surface area is 174 Å². The standard InChI is InChI=1S/C21H26N4O5/c1-12(26)22-14-10-16-20(28)23-15-7-8-24(19(15)21(29)25(16)11-14)18(27)9-13-5-3-4-6-17(13)30-2/h3-6,14-16,19H,7-11H2,1-2H3,(H,22,26)(H,23,28)/t14-,15-,16+,19+/m1/s1. The summed E-state index contributed by atoms with van der Waals surface area (Å²) >= 11 is 0. The Kier molecular flexibility index (Phi) is 5.36. The predicted molar refractivity (Wildman–Crippen MR) is 106 cm³/mol. The van der Waals surface area contributed by atoms with E-state index in [0.29, 0.717) is 25.1 Å². The Morgan fingerprint density at radius 2 is 2.03 bits per heavy atom. The zero-order valence-corrected chi connectivity index (χ0v) is 17.1. The summed E-state index contributed by atoms with van der Waals surface area (Å²) < 4.78 is 5.33. The maximum absolute atomic E-state index is 13.4. The highest BCUT2D eigenvalue weighted by atomic mass is 16.5. The number of amides is 4. The number of nitrogens with one attached hydrogen (secondary N) is 2. The van der Waals surface area contributed by atoms with Gasteiger partial charge in [-0.1, -0.05) is 18.2 Å². The van der Waals surface area contributed by atoms with Crippen molar-refractivity contribution in [3.63, 3.8) is 0 Å². The van der Waals surface area contributed by atoms with Gasteiger partial charge in [0.1, 0.15) is 17.8 Å². The van der Waals surface area contributed by atoms with Gasteiger partial charge in [-0.2, -0.15) is 0 Å². The largest absolute Gasteiger partial charge is 0.496 e. The van der Waals surface area contributed by atoms with Gasteiger partial charge in [0.05, 0.1) is 19.6 Å². The van der Waals surface area contributed by atoms with Gasteiger partial charge in [0.25, 0.3) is 0 Å². The lowest BCUT2D eigenvalue weighted by Crippen LogP contribution is -2.53. The molecule has 0 bridgehead atoms. The van der Waals surface area contributed by atoms with Crippen LogP contribution in [-0.2, 0) is 25.6 Å². The van der Waals surface area contributed by atoms with E-state index in [9.17, 15) is 19.2 Å². The van der Waals surface area contributed by atoms with E-state index in [1.807, 2.05) is 18.2 Å². The molecule has 4 rings (SSSR count). The van der Waals surface area contributed by atoms with Crippen LogP contribution in [0.4, 0.5) is 0 Å². The summed E-state index contributed by atoms with van der Waals surface area (Å²) in [7, 11) is 1.55. The van der Waals surface area contributed by atoms with E-state index in [2.05, 4.69) is 10.6 Å². The number of carbonyl (C=O) groups is 4. The van der Waals surface area contributed by atoms with Crippen molar-refractivity contribution in [1.82, 2.24) is 20.4 Å². The Bertz CT molecular complexity index is 888. The molecule has 3 aliphatic heterocycles. The monoisotopic (exact) mass is 414 g/mol. The van der Waals surface area contributed by atoms with E-state index in [1.165, 1.54) is 11.8 Å². The zero-order valence-electron chi connectivity index (χ0n) is 17.1. The third kappa shape index (κ3) is 3.59. The number of carbonyl (C=O) groups excluding carboxylic acids is 4. The minimum atomic E-state index is -0.725. The topological polar surface area (TPSA) is 108 Å². The molecule has 1 aromatic rings. The smallest absolute Gasteiger partial charge is 0.248 e. The number of benzene rings is 1. The number of hydrogen-bond acceptors (Lipinski definition) is 5. The third-order valence-corrected chi connectivity index (χ3v) is 6.13. The molecule has 2 N–H and O–H groups in total. The van der Waals surface area contributed by atoms with Gasteiger partial charge in [-0.15, -0.1) is 0 Å². The second-order valence-corrected chi connectivity index (χ2v) is 8.06. The van der Waals surface area contributed by atoms with Crippen LogP contribution in [0.1, 0.15) is 25.3 Å². The fraction of sp³-hybridized carbons (Fsp3) is 0.524. The van der Waals surface area contributed by atoms with Crippen LogP contribution in [0, 0.1) is 0 Å². The van der Waals surface area contributed by atoms with Gasteiger partial charge in [0, 0.05) is 31.6 Å². The maximum atomic E-state index is 13.4. The number of methoxy groups -OCH3 is 1. The van der Waals surface area contributed by atoms with Gasteiger partial charge in [-0.25, -0.2) is 0 Å². The number of ether oxygens (including phenoxy) is 1. The molecular weight excluding hydrogens is 388 g/mol. The summed E-state index contributed by atoms with van der Waals surface area (Å²) in [6.07, 6.45) is 1.04. The number of hydrogen-bond donors (Lipinski definition) is 2. The van der Waals surface area contributed by atoms with Crippen molar-refractivity contribution in [2.75, 3.05) is 20.2 Å². The minimum absolute atomic E-state index is 0.117. The van der Waals surface area contributed by atoms with E-state index in [1.54, 1.807) is 18.1 Å². The summed E-state index contributed by atoms with van der Waals surface area (Å²) in [6, 6.07) is 5.30. The molecule has 0 unspecified atom stereocenters. The molecule has 160 valence electrons. The van der Waals surface area contributed by atoms with Crippen molar-refractivity contribution < 1.29 is 23.9 Å². The summed E-state index contributed by atoms with van der Waals surface area (Å²) in [5.41, 5.74) is 0.753. The molecule has 3 fully saturated rings. The summed E-state index contributed by atoms with van der Waals surface area (Å²) in [5.74, 6) is -0.201. The molecular formula is C21H26N4O5. The molecule has 0 aliphatic carbocycles. The van der Waals surface area contributed by atoms with Gasteiger partial charge in [0.2, 0.25) is 23.6 Å². The lowest BCUT2D eigenvalue weighted by Gasteiger charge is -2.29. The molecule has 4 atom stereocenters. The fourth-order valence-electron chi connectivity index (χ4n) is 4.81. The van der Waals surface area contributed by atoms with Crippen molar-refractivity contribution in [2.24, 2.45) is 0 Å². The van der Waals surface area contributed by atoms with Crippen LogP contribution in [-0.4, -0.2) is 77.8 Å². The quantitative estimate of drug-likeness (QED) is 0.687. The Morgan fingerprint density at radius 3 is 2.77 bits per heavy atom. The van der Waals surface area contributed by atoms with Crippen molar-refractivity contribution >= 4 is 23.6 Å². The maximum Gasteiger partial charge on any atom is 0.248 e. The highest BCUT2D eigenvalue weighted by molar-refractivity contribution is 5.97. The summed E-state index contributed by atoms with van der Waals surface area (Å²) in [6.45, 7) is 2.09. The number of fused-ring (bicyclic) bond motifs is 2. The van der Waals surface area contributed by atoms with E-state index < -0.39 is 18.1 Å². The predicted octanol–water partition coefficient (Wildman–Crippen LogP) is -0.557. The van der Waals surface area contributed by atoms with Gasteiger partial charge in [-0.3, -0.25) is 19.2 Å². The average molecular weight is 414 g/mol. The Morgan fingerprint density at radius 1 is 1.27 bits per heavy atom. The molecule has 0 radical (unpaired) electrons. The number of likely N-dealkylation sites (tertiary alicyclic amines) is 1. The Balaban J connectivity index is 1.54. The lowest BCUT2D eigenvalue weighted by atomic mass is 10.1. The van der Waals surface area contributed by atoms with Crippen LogP contribution in [0.25, 0.3) is 0 Å². The molecule has 3 saturated heterocycles. The summed E-state index contributed by atoms with van der Waals surface area (Å²) in [5, 5.41) is 5.75. The highest BCUT2D eigenvalue weighted by Gasteiger charge is 2.52. The van der Waals surface area contributed by atoms with Crippen LogP contribution in [0.2, 0.25) is 0 Å². The van der Waals surface area contributed by atoms with Crippen LogP contribution in [0.5, 0.6) is 5.75 Å². The molecule has 0 saturated carbocycles. The molecule has 0 spiro atoms. The number of rotatable bonds is 4. The van der Waals surface area contributed by atoms with Gasteiger partial charge in [0.15, 0.2) is 0 Å². The van der Waals surface area contributed by atoms with E-state index >= 15 is 0 Å². The molecule has 9 heteroatoms. The van der Waals surface area contributed by atoms with Crippen LogP contribution >= 0.6 is 0 Å². The first-order chi connectivity index (χ1) is 14.4. The second kappa shape index (κ2) is 7.97. The van der Waals surface area contributed by atoms with Gasteiger partial charge >= 0.3 is 0 Å². The number of nitrogens with zero attached hydrogens (tertiary/aromatic N) is 2. The van der Waals surface area contributed by atoms with E-state index in [0.717, 1.165) is 5.56 Å². The first-order valence-corrected chi connectivity index (χ1v) is 10.2. The van der Waals surface area contributed by atoms with E-state index in [-0.39, 0.29) is 42.6 Å². The second-order valence-electron chi connectivity index (χ2n) is 8.06. The molecule has 3 aliphatic rings. The lowest BCUT2D eigenvalue weighted by molar-refractivity contribution is -0.144. The molecule has 1 aromatic carbocycles. The normalized spacial score (nSPS) is 27.8. The molecule has 3 heterocycles. The average Bonchev–Trinajstić information content (AvgIpc) is 3.29. The van der Waals surface area contributed by atoms with Crippen molar-refractivity contribution in [1.29, 1.82) is 0 Å². The first-order valence-electron chi connectivity index (χ1n) is 10.2. The van der Waals surface area contributed by atoms with Crippen LogP contribution < -0.4 is 15.4 Å². The Hall–Kier alpha value is -3.10. The van der Waals surface area contributed by atoms with Gasteiger partial charge in [-0.05, 0) is 18.9 Å². The first kappa shape index (κ1) is 20.2.